The quantitative estimate of drug-likeness (QED) is 0.162. The fourth-order valence-electron chi connectivity index (χ4n) is 5.12. The molecule has 0 spiro atoms. The summed E-state index contributed by atoms with van der Waals surface area (Å²) in [4.78, 5) is 18.8. The van der Waals surface area contributed by atoms with Gasteiger partial charge in [-0.15, -0.1) is 0 Å². The van der Waals surface area contributed by atoms with Crippen LogP contribution >= 0.6 is 11.8 Å². The highest BCUT2D eigenvalue weighted by Gasteiger charge is 2.20. The van der Waals surface area contributed by atoms with Crippen LogP contribution in [0, 0.1) is 11.3 Å². The van der Waals surface area contributed by atoms with Crippen molar-refractivity contribution in [2.75, 3.05) is 0 Å². The minimum Gasteiger partial charge on any atom is -0.341 e. The lowest BCUT2D eigenvalue weighted by atomic mass is 10.0. The normalized spacial score (nSPS) is 11.2. The molecule has 0 aliphatic carbocycles. The summed E-state index contributed by atoms with van der Waals surface area (Å²) in [5.41, 5.74) is 5.35. The molecule has 39 heavy (non-hydrogen) atoms. The summed E-state index contributed by atoms with van der Waals surface area (Å²) in [6.45, 7) is 3.33. The van der Waals surface area contributed by atoms with Gasteiger partial charge in [0.15, 0.2) is 5.16 Å². The number of benzene rings is 4. The second-order valence-corrected chi connectivity index (χ2v) is 10.3. The molecule has 6 aromatic rings. The Morgan fingerprint density at radius 2 is 1.46 bits per heavy atom. The van der Waals surface area contributed by atoms with Gasteiger partial charge in [0.2, 0.25) is 0 Å². The van der Waals surface area contributed by atoms with Crippen molar-refractivity contribution in [3.05, 3.63) is 130 Å². The minimum absolute atomic E-state index is 0.0635. The molecule has 0 bridgehead atoms. The van der Waals surface area contributed by atoms with Crippen LogP contribution in [0.15, 0.2) is 113 Å². The average molecular weight is 527 g/mol. The maximum absolute atomic E-state index is 13.8. The fraction of sp³-hybridized carbons (Fsp3) is 0.121. The van der Waals surface area contributed by atoms with Crippen molar-refractivity contribution in [1.29, 1.82) is 5.26 Å². The van der Waals surface area contributed by atoms with Crippen LogP contribution in [0.5, 0.6) is 0 Å². The van der Waals surface area contributed by atoms with Gasteiger partial charge in [-0.2, -0.15) is 5.26 Å². The van der Waals surface area contributed by atoms with Crippen LogP contribution in [0.3, 0.4) is 0 Å². The van der Waals surface area contributed by atoms with Gasteiger partial charge in [0, 0.05) is 39.7 Å². The zero-order valence-corrected chi connectivity index (χ0v) is 22.4. The molecule has 5 nitrogen and oxygen atoms in total. The fourth-order valence-corrected chi connectivity index (χ4v) is 6.07. The maximum Gasteiger partial charge on any atom is 0.273 e. The summed E-state index contributed by atoms with van der Waals surface area (Å²) in [5.74, 6) is 0.663. The Hall–Kier alpha value is -4.60. The van der Waals surface area contributed by atoms with Crippen molar-refractivity contribution < 1.29 is 0 Å². The van der Waals surface area contributed by atoms with Gasteiger partial charge in [0.1, 0.15) is 11.6 Å². The molecule has 2 heterocycles. The third-order valence-electron chi connectivity index (χ3n) is 7.00. The Morgan fingerprint density at radius 1 is 0.795 bits per heavy atom. The third kappa shape index (κ3) is 4.62. The zero-order valence-electron chi connectivity index (χ0n) is 21.5. The molecule has 0 saturated heterocycles. The van der Waals surface area contributed by atoms with Gasteiger partial charge in [-0.25, -0.2) is 4.98 Å². The molecule has 0 atom stereocenters. The number of rotatable bonds is 7. The van der Waals surface area contributed by atoms with Crippen molar-refractivity contribution >= 4 is 33.6 Å². The lowest BCUT2D eigenvalue weighted by Crippen LogP contribution is -2.27. The molecule has 0 aliphatic heterocycles. The first kappa shape index (κ1) is 24.7. The van der Waals surface area contributed by atoms with Crippen molar-refractivity contribution in [3.8, 4) is 17.3 Å². The van der Waals surface area contributed by atoms with E-state index in [1.807, 2.05) is 66.7 Å². The van der Waals surface area contributed by atoms with Gasteiger partial charge < -0.3 is 4.57 Å². The zero-order chi connectivity index (χ0) is 26.8. The first-order chi connectivity index (χ1) is 19.2. The summed E-state index contributed by atoms with van der Waals surface area (Å²) in [6.07, 6.45) is 0. The Labute approximate surface area is 231 Å². The Balaban J connectivity index is 1.53. The van der Waals surface area contributed by atoms with Crippen LogP contribution in [-0.4, -0.2) is 14.1 Å². The van der Waals surface area contributed by atoms with Crippen LogP contribution in [-0.2, 0) is 18.8 Å². The minimum atomic E-state index is -0.321. The van der Waals surface area contributed by atoms with Gasteiger partial charge in [-0.05, 0) is 36.2 Å². The first-order valence-corrected chi connectivity index (χ1v) is 13.9. The number of para-hydroxylation sites is 1. The highest BCUT2D eigenvalue weighted by Crippen LogP contribution is 2.33. The summed E-state index contributed by atoms with van der Waals surface area (Å²) < 4.78 is 3.92. The van der Waals surface area contributed by atoms with Crippen LogP contribution in [0.25, 0.3) is 33.1 Å². The highest BCUT2D eigenvalue weighted by molar-refractivity contribution is 7.98. The van der Waals surface area contributed by atoms with E-state index in [2.05, 4.69) is 54.0 Å². The number of fused-ring (bicyclic) bond motifs is 3. The SMILES string of the molecule is CCn1c2ccccc2c2cc(-c3nc(SCc4ccccc4)n(Cc4ccccc4)c(=O)c3C#N)ccc21. The molecule has 0 amide bonds. The van der Waals surface area contributed by atoms with E-state index in [1.165, 1.54) is 11.8 Å². The van der Waals surface area contributed by atoms with E-state index in [1.54, 1.807) is 4.57 Å². The monoisotopic (exact) mass is 526 g/mol. The van der Waals surface area contributed by atoms with E-state index in [-0.39, 0.29) is 11.1 Å². The van der Waals surface area contributed by atoms with Gasteiger partial charge >= 0.3 is 0 Å². The molecule has 4 aromatic carbocycles. The number of nitriles is 1. The van der Waals surface area contributed by atoms with E-state index in [9.17, 15) is 10.1 Å². The standard InChI is InChI=1S/C33H26N4OS/c1-2-36-29-16-10-9-15-26(29)27-19-25(17-18-30(27)36)31-28(20-34)32(38)37(21-23-11-5-3-6-12-23)33(35-31)39-22-24-13-7-4-8-14-24/h3-19H,2,21-22H2,1H3. The molecule has 0 N–H and O–H groups in total. The molecule has 0 fully saturated rings. The van der Waals surface area contributed by atoms with Crippen molar-refractivity contribution in [2.45, 2.75) is 30.9 Å². The molecule has 6 heteroatoms. The molecule has 2 aromatic heterocycles. The van der Waals surface area contributed by atoms with Crippen molar-refractivity contribution in [1.82, 2.24) is 14.1 Å². The van der Waals surface area contributed by atoms with E-state index in [0.29, 0.717) is 23.1 Å². The second-order valence-electron chi connectivity index (χ2n) is 9.37. The van der Waals surface area contributed by atoms with E-state index < -0.39 is 0 Å². The Bertz CT molecular complexity index is 1900. The number of nitrogens with zero attached hydrogens (tertiary/aromatic N) is 4. The number of aryl methyl sites for hydroxylation is 1. The molecular formula is C33H26N4OS. The Morgan fingerprint density at radius 3 is 2.18 bits per heavy atom. The molecule has 190 valence electrons. The van der Waals surface area contributed by atoms with Gasteiger partial charge in [-0.3, -0.25) is 9.36 Å². The summed E-state index contributed by atoms with van der Waals surface area (Å²) >= 11 is 1.51. The van der Waals surface area contributed by atoms with Crippen LogP contribution in [0.4, 0.5) is 0 Å². The molecular weight excluding hydrogens is 500 g/mol. The van der Waals surface area contributed by atoms with Gasteiger partial charge in [0.05, 0.1) is 12.2 Å². The smallest absolute Gasteiger partial charge is 0.273 e. The Kier molecular flexibility index (Phi) is 6.75. The lowest BCUT2D eigenvalue weighted by molar-refractivity contribution is 0.644. The molecule has 0 radical (unpaired) electrons. The van der Waals surface area contributed by atoms with Crippen molar-refractivity contribution in [2.24, 2.45) is 0 Å². The van der Waals surface area contributed by atoms with Crippen LogP contribution in [0.2, 0.25) is 0 Å². The maximum atomic E-state index is 13.8. The highest BCUT2D eigenvalue weighted by atomic mass is 32.2. The summed E-state index contributed by atoms with van der Waals surface area (Å²) in [7, 11) is 0. The van der Waals surface area contributed by atoms with Gasteiger partial charge in [-0.1, -0.05) is 96.7 Å². The first-order valence-electron chi connectivity index (χ1n) is 12.9. The number of hydrogen-bond donors (Lipinski definition) is 0. The van der Waals surface area contributed by atoms with E-state index in [4.69, 9.17) is 4.98 Å². The predicted molar refractivity (Wildman–Crippen MR) is 159 cm³/mol. The predicted octanol–water partition coefficient (Wildman–Crippen LogP) is 7.25. The number of thioether (sulfide) groups is 1. The topological polar surface area (TPSA) is 63.6 Å². The molecule has 0 unspecified atom stereocenters. The second kappa shape index (κ2) is 10.6. The van der Waals surface area contributed by atoms with Crippen LogP contribution < -0.4 is 5.56 Å². The van der Waals surface area contributed by atoms with Crippen LogP contribution in [0.1, 0.15) is 23.6 Å². The largest absolute Gasteiger partial charge is 0.341 e. The average Bonchev–Trinajstić information content (AvgIpc) is 3.31. The van der Waals surface area contributed by atoms with Crippen molar-refractivity contribution in [3.63, 3.8) is 0 Å². The third-order valence-corrected chi connectivity index (χ3v) is 8.05. The summed E-state index contributed by atoms with van der Waals surface area (Å²) in [5, 5.41) is 13.0. The molecule has 0 aliphatic rings. The van der Waals surface area contributed by atoms with Gasteiger partial charge in [0.25, 0.3) is 5.56 Å². The van der Waals surface area contributed by atoms with E-state index in [0.717, 1.165) is 45.0 Å². The lowest BCUT2D eigenvalue weighted by Gasteiger charge is -2.15. The molecule has 0 saturated carbocycles. The number of aromatic nitrogens is 3. The summed E-state index contributed by atoms with van der Waals surface area (Å²) in [6, 6.07) is 36.6. The molecule has 6 rings (SSSR count). The van der Waals surface area contributed by atoms with E-state index >= 15 is 0 Å². The number of hydrogen-bond acceptors (Lipinski definition) is 4.